The Kier molecular flexibility index (Phi) is 6.91. The van der Waals surface area contributed by atoms with Gasteiger partial charge in [0, 0.05) is 22.7 Å². The number of carbonyl (C=O) groups is 4. The van der Waals surface area contributed by atoms with Gasteiger partial charge in [-0.2, -0.15) is 0 Å². The molecule has 1 fully saturated rings. The number of anilines is 1. The van der Waals surface area contributed by atoms with Crippen LogP contribution >= 0.6 is 11.6 Å². The lowest BCUT2D eigenvalue weighted by Crippen LogP contribution is -2.43. The van der Waals surface area contributed by atoms with Crippen LogP contribution in [0.15, 0.2) is 42.5 Å². The van der Waals surface area contributed by atoms with Crippen molar-refractivity contribution in [2.45, 2.75) is 20.3 Å². The molecule has 31 heavy (non-hydrogen) atoms. The lowest BCUT2D eigenvalue weighted by molar-refractivity contribution is -0.151. The van der Waals surface area contributed by atoms with Gasteiger partial charge in [-0.15, -0.1) is 0 Å². The Hall–Kier alpha value is -3.39. The minimum atomic E-state index is -0.771. The third-order valence-electron chi connectivity index (χ3n) is 4.80. The summed E-state index contributed by atoms with van der Waals surface area (Å²) in [6.45, 7) is 3.32. The van der Waals surface area contributed by atoms with Gasteiger partial charge in [0.25, 0.3) is 11.8 Å². The van der Waals surface area contributed by atoms with Crippen LogP contribution in [0.5, 0.6) is 0 Å². The van der Waals surface area contributed by atoms with Crippen molar-refractivity contribution in [1.29, 1.82) is 0 Å². The number of rotatable bonds is 6. The number of hydrazine groups is 1. The molecule has 0 spiro atoms. The zero-order chi connectivity index (χ0) is 22.5. The fraction of sp³-hybridized carbons (Fsp3) is 0.273. The molecule has 9 heteroatoms. The number of carbonyl (C=O) groups excluding carboxylic acids is 4. The number of aryl methyl sites for hydroxylation is 2. The monoisotopic (exact) mass is 443 g/mol. The van der Waals surface area contributed by atoms with E-state index in [1.807, 2.05) is 26.0 Å². The van der Waals surface area contributed by atoms with Crippen LogP contribution in [0.3, 0.4) is 0 Å². The molecule has 0 radical (unpaired) electrons. The fourth-order valence-corrected chi connectivity index (χ4v) is 3.28. The summed E-state index contributed by atoms with van der Waals surface area (Å²) >= 11 is 5.80. The second kappa shape index (κ2) is 9.61. The fourth-order valence-electron chi connectivity index (χ4n) is 3.16. The molecule has 1 saturated heterocycles. The molecule has 1 atom stereocenters. The van der Waals surface area contributed by atoms with Gasteiger partial charge in [0.2, 0.25) is 5.91 Å². The normalized spacial score (nSPS) is 15.5. The predicted molar refractivity (Wildman–Crippen MR) is 114 cm³/mol. The summed E-state index contributed by atoms with van der Waals surface area (Å²) < 4.78 is 5.07. The first-order valence-electron chi connectivity index (χ1n) is 9.63. The van der Waals surface area contributed by atoms with E-state index in [1.165, 1.54) is 12.1 Å². The van der Waals surface area contributed by atoms with E-state index in [0.717, 1.165) is 16.1 Å². The Labute approximate surface area is 184 Å². The van der Waals surface area contributed by atoms with E-state index in [2.05, 4.69) is 10.7 Å². The summed E-state index contributed by atoms with van der Waals surface area (Å²) in [6.07, 6.45) is -0.113. The van der Waals surface area contributed by atoms with Gasteiger partial charge in [-0.3, -0.25) is 29.6 Å². The molecular formula is C22H22ClN3O5. The van der Waals surface area contributed by atoms with Crippen LogP contribution in [-0.2, 0) is 19.1 Å². The van der Waals surface area contributed by atoms with E-state index in [0.29, 0.717) is 16.3 Å². The van der Waals surface area contributed by atoms with E-state index in [1.54, 1.807) is 18.2 Å². The van der Waals surface area contributed by atoms with Crippen molar-refractivity contribution in [2.75, 3.05) is 18.5 Å². The van der Waals surface area contributed by atoms with Crippen molar-refractivity contribution >= 4 is 41.0 Å². The Morgan fingerprint density at radius 1 is 1.13 bits per heavy atom. The highest BCUT2D eigenvalue weighted by atomic mass is 35.5. The molecular weight excluding hydrogens is 422 g/mol. The van der Waals surface area contributed by atoms with Gasteiger partial charge in [-0.05, 0) is 49.7 Å². The molecule has 0 saturated carbocycles. The molecule has 8 nitrogen and oxygen atoms in total. The number of amides is 3. The maximum absolute atomic E-state index is 12.3. The van der Waals surface area contributed by atoms with Crippen LogP contribution in [0.2, 0.25) is 5.02 Å². The molecule has 0 aromatic heterocycles. The van der Waals surface area contributed by atoms with E-state index >= 15 is 0 Å². The molecule has 162 valence electrons. The Bertz CT molecular complexity index is 1020. The van der Waals surface area contributed by atoms with Crippen LogP contribution < -0.4 is 10.7 Å². The standard InChI is InChI=1S/C22H22ClN3O5/c1-13-3-8-18(14(2)9-13)24-19(27)12-31-22(30)16-10-20(28)26(11-16)25-21(29)15-4-6-17(23)7-5-15/h3-9,16H,10-12H2,1-2H3,(H,24,27)(H,25,29)/t16-/m0/s1. The number of nitrogens with zero attached hydrogens (tertiary/aromatic N) is 1. The average molecular weight is 444 g/mol. The van der Waals surface area contributed by atoms with Crippen LogP contribution in [0, 0.1) is 19.8 Å². The summed E-state index contributed by atoms with van der Waals surface area (Å²) in [5.41, 5.74) is 5.40. The Balaban J connectivity index is 1.48. The molecule has 1 heterocycles. The third-order valence-corrected chi connectivity index (χ3v) is 5.05. The molecule has 2 aromatic rings. The molecule has 0 bridgehead atoms. The highest BCUT2D eigenvalue weighted by Crippen LogP contribution is 2.19. The number of ether oxygens (including phenoxy) is 1. The van der Waals surface area contributed by atoms with Crippen molar-refractivity contribution in [1.82, 2.24) is 10.4 Å². The number of nitrogens with one attached hydrogen (secondary N) is 2. The van der Waals surface area contributed by atoms with E-state index < -0.39 is 36.2 Å². The van der Waals surface area contributed by atoms with Crippen molar-refractivity contribution < 1.29 is 23.9 Å². The van der Waals surface area contributed by atoms with Crippen molar-refractivity contribution in [3.8, 4) is 0 Å². The van der Waals surface area contributed by atoms with E-state index in [9.17, 15) is 19.2 Å². The zero-order valence-electron chi connectivity index (χ0n) is 17.1. The number of hydrogen-bond acceptors (Lipinski definition) is 5. The van der Waals surface area contributed by atoms with Gasteiger partial charge >= 0.3 is 5.97 Å². The first-order valence-corrected chi connectivity index (χ1v) is 10.0. The lowest BCUT2D eigenvalue weighted by atomic mass is 10.1. The molecule has 1 aliphatic heterocycles. The summed E-state index contributed by atoms with van der Waals surface area (Å²) in [7, 11) is 0. The summed E-state index contributed by atoms with van der Waals surface area (Å²) in [6, 6.07) is 11.7. The summed E-state index contributed by atoms with van der Waals surface area (Å²) in [5, 5.41) is 4.26. The smallest absolute Gasteiger partial charge is 0.311 e. The number of benzene rings is 2. The highest BCUT2D eigenvalue weighted by Gasteiger charge is 2.36. The van der Waals surface area contributed by atoms with Crippen LogP contribution in [0.4, 0.5) is 5.69 Å². The second-order valence-electron chi connectivity index (χ2n) is 7.33. The van der Waals surface area contributed by atoms with Gasteiger partial charge in [0.1, 0.15) is 0 Å². The molecule has 2 N–H and O–H groups in total. The number of esters is 1. The molecule has 3 rings (SSSR count). The van der Waals surface area contributed by atoms with Crippen LogP contribution in [0.1, 0.15) is 27.9 Å². The van der Waals surface area contributed by atoms with Gasteiger partial charge in [0.05, 0.1) is 12.5 Å². The Morgan fingerprint density at radius 2 is 1.84 bits per heavy atom. The number of hydrogen-bond donors (Lipinski definition) is 2. The minimum absolute atomic E-state index is 0.0321. The van der Waals surface area contributed by atoms with E-state index in [4.69, 9.17) is 16.3 Å². The molecule has 3 amide bonds. The van der Waals surface area contributed by atoms with Gasteiger partial charge in [-0.25, -0.2) is 0 Å². The maximum Gasteiger partial charge on any atom is 0.311 e. The topological polar surface area (TPSA) is 105 Å². The van der Waals surface area contributed by atoms with Crippen LogP contribution in [-0.4, -0.2) is 41.9 Å². The van der Waals surface area contributed by atoms with Crippen molar-refractivity contribution in [2.24, 2.45) is 5.92 Å². The predicted octanol–water partition coefficient (Wildman–Crippen LogP) is 2.63. The number of halogens is 1. The average Bonchev–Trinajstić information content (AvgIpc) is 3.09. The second-order valence-corrected chi connectivity index (χ2v) is 7.76. The largest absolute Gasteiger partial charge is 0.455 e. The molecule has 0 aliphatic carbocycles. The minimum Gasteiger partial charge on any atom is -0.455 e. The third kappa shape index (κ3) is 5.82. The van der Waals surface area contributed by atoms with E-state index in [-0.39, 0.29) is 13.0 Å². The lowest BCUT2D eigenvalue weighted by Gasteiger charge is -2.17. The quantitative estimate of drug-likeness (QED) is 0.668. The molecule has 0 unspecified atom stereocenters. The van der Waals surface area contributed by atoms with Crippen LogP contribution in [0.25, 0.3) is 0 Å². The molecule has 1 aliphatic rings. The SMILES string of the molecule is Cc1ccc(NC(=O)COC(=O)[C@H]2CC(=O)N(NC(=O)c3ccc(Cl)cc3)C2)c(C)c1. The van der Waals surface area contributed by atoms with Crippen molar-refractivity contribution in [3.05, 3.63) is 64.2 Å². The Morgan fingerprint density at radius 3 is 2.52 bits per heavy atom. The first-order chi connectivity index (χ1) is 14.7. The van der Waals surface area contributed by atoms with Gasteiger partial charge in [-0.1, -0.05) is 29.3 Å². The molecule has 2 aromatic carbocycles. The van der Waals surface area contributed by atoms with Gasteiger partial charge in [0.15, 0.2) is 6.61 Å². The highest BCUT2D eigenvalue weighted by molar-refractivity contribution is 6.30. The zero-order valence-corrected chi connectivity index (χ0v) is 17.9. The van der Waals surface area contributed by atoms with Gasteiger partial charge < -0.3 is 10.1 Å². The maximum atomic E-state index is 12.3. The summed E-state index contributed by atoms with van der Waals surface area (Å²) in [5.74, 6) is -2.83. The first kappa shape index (κ1) is 22.3. The summed E-state index contributed by atoms with van der Waals surface area (Å²) in [4.78, 5) is 48.8. The van der Waals surface area contributed by atoms with Crippen molar-refractivity contribution in [3.63, 3.8) is 0 Å².